The maximum atomic E-state index is 11.8. The fraction of sp³-hybridized carbons (Fsp3) is 0.636. The molecule has 0 aliphatic rings. The molecule has 1 atom stereocenters. The number of carboxylic acids is 1. The molecule has 17 heavy (non-hydrogen) atoms. The molecule has 98 valence electrons. The molecule has 6 nitrogen and oxygen atoms in total. The van der Waals surface area contributed by atoms with Gasteiger partial charge in [-0.1, -0.05) is 6.08 Å². The van der Waals surface area contributed by atoms with Crippen molar-refractivity contribution in [1.29, 1.82) is 0 Å². The van der Waals surface area contributed by atoms with Gasteiger partial charge in [0.15, 0.2) is 5.66 Å². The van der Waals surface area contributed by atoms with Crippen LogP contribution in [0.4, 0.5) is 4.79 Å². The first kappa shape index (κ1) is 15.4. The third kappa shape index (κ3) is 4.44. The van der Waals surface area contributed by atoms with Crippen LogP contribution in [0.25, 0.3) is 0 Å². The smallest absolute Gasteiger partial charge is 0.412 e. The van der Waals surface area contributed by atoms with E-state index in [1.165, 1.54) is 13.0 Å². The number of hydrogen-bond acceptors (Lipinski definition) is 4. The van der Waals surface area contributed by atoms with Crippen molar-refractivity contribution in [3.63, 3.8) is 0 Å². The second-order valence-electron chi connectivity index (χ2n) is 4.83. The monoisotopic (exact) mass is 244 g/mol. The minimum absolute atomic E-state index is 0.00574. The lowest BCUT2D eigenvalue weighted by atomic mass is 10.1. The lowest BCUT2D eigenvalue weighted by molar-refractivity contribution is -0.149. The van der Waals surface area contributed by atoms with Gasteiger partial charge in [-0.15, -0.1) is 6.58 Å². The highest BCUT2D eigenvalue weighted by Crippen LogP contribution is 2.15. The van der Waals surface area contributed by atoms with Gasteiger partial charge in [0, 0.05) is 6.54 Å². The van der Waals surface area contributed by atoms with Crippen LogP contribution in [-0.4, -0.2) is 39.9 Å². The van der Waals surface area contributed by atoms with Crippen LogP contribution in [-0.2, 0) is 9.53 Å². The molecule has 0 saturated carbocycles. The number of aliphatic carboxylic acids is 1. The topological polar surface area (TPSA) is 92.9 Å². The molecule has 3 N–H and O–H groups in total. The summed E-state index contributed by atoms with van der Waals surface area (Å²) in [6, 6.07) is 0. The van der Waals surface area contributed by atoms with Crippen molar-refractivity contribution in [3.05, 3.63) is 12.7 Å². The number of nitrogens with zero attached hydrogens (tertiary/aromatic N) is 1. The Kier molecular flexibility index (Phi) is 4.70. The number of carboxylic acid groups (broad SMARTS) is 1. The third-order valence-electron chi connectivity index (χ3n) is 1.92. The normalized spacial score (nSPS) is 14.6. The summed E-state index contributed by atoms with van der Waals surface area (Å²) < 4.78 is 5.08. The molecule has 6 heteroatoms. The predicted molar refractivity (Wildman–Crippen MR) is 63.4 cm³/mol. The molecular weight excluding hydrogens is 224 g/mol. The second kappa shape index (κ2) is 5.18. The molecule has 0 radical (unpaired) electrons. The van der Waals surface area contributed by atoms with E-state index in [4.69, 9.17) is 15.6 Å². The molecule has 0 bridgehead atoms. The summed E-state index contributed by atoms with van der Waals surface area (Å²) in [7, 11) is 0. The molecule has 0 aromatic heterocycles. The average Bonchev–Trinajstić information content (AvgIpc) is 2.10. The molecule has 0 saturated heterocycles. The van der Waals surface area contributed by atoms with Crippen LogP contribution in [0.1, 0.15) is 27.7 Å². The Labute approximate surface area is 101 Å². The zero-order valence-electron chi connectivity index (χ0n) is 10.7. The summed E-state index contributed by atoms with van der Waals surface area (Å²) >= 11 is 0. The zero-order valence-corrected chi connectivity index (χ0v) is 10.7. The van der Waals surface area contributed by atoms with Gasteiger partial charge in [-0.25, -0.2) is 9.59 Å². The molecule has 0 heterocycles. The van der Waals surface area contributed by atoms with Crippen LogP contribution in [0.5, 0.6) is 0 Å². The quantitative estimate of drug-likeness (QED) is 0.572. The number of carbonyl (C=O) groups excluding carboxylic acids is 1. The van der Waals surface area contributed by atoms with E-state index in [-0.39, 0.29) is 6.54 Å². The van der Waals surface area contributed by atoms with Crippen LogP contribution in [0.2, 0.25) is 0 Å². The molecule has 0 spiro atoms. The van der Waals surface area contributed by atoms with E-state index in [9.17, 15) is 9.59 Å². The van der Waals surface area contributed by atoms with Crippen molar-refractivity contribution in [2.24, 2.45) is 5.73 Å². The SMILES string of the molecule is C=CCN(C(=O)OC(C)(C)C)C(C)(N)C(=O)O. The molecule has 0 aromatic carbocycles. The summed E-state index contributed by atoms with van der Waals surface area (Å²) in [5.74, 6) is -1.31. The van der Waals surface area contributed by atoms with Gasteiger partial charge in [-0.3, -0.25) is 10.6 Å². The highest BCUT2D eigenvalue weighted by atomic mass is 16.6. The summed E-state index contributed by atoms with van der Waals surface area (Å²) in [5.41, 5.74) is 3.03. The van der Waals surface area contributed by atoms with Gasteiger partial charge in [0.25, 0.3) is 0 Å². The summed E-state index contributed by atoms with van der Waals surface area (Å²) in [6.07, 6.45) is 0.600. The van der Waals surface area contributed by atoms with Gasteiger partial charge >= 0.3 is 12.1 Å². The molecule has 0 aliphatic heterocycles. The van der Waals surface area contributed by atoms with Gasteiger partial charge in [0.05, 0.1) is 0 Å². The lowest BCUT2D eigenvalue weighted by Crippen LogP contribution is -2.62. The van der Waals surface area contributed by atoms with Crippen molar-refractivity contribution in [2.75, 3.05) is 6.54 Å². The Hall–Kier alpha value is -1.56. The van der Waals surface area contributed by atoms with Crippen LogP contribution in [0.3, 0.4) is 0 Å². The van der Waals surface area contributed by atoms with E-state index >= 15 is 0 Å². The summed E-state index contributed by atoms with van der Waals surface area (Å²) in [5, 5.41) is 8.98. The van der Waals surface area contributed by atoms with E-state index in [1.807, 2.05) is 0 Å². The number of rotatable bonds is 4. The van der Waals surface area contributed by atoms with Gasteiger partial charge in [0.2, 0.25) is 0 Å². The number of nitrogens with two attached hydrogens (primary N) is 1. The van der Waals surface area contributed by atoms with Crippen molar-refractivity contribution in [1.82, 2.24) is 4.90 Å². The van der Waals surface area contributed by atoms with Gasteiger partial charge in [0.1, 0.15) is 5.60 Å². The lowest BCUT2D eigenvalue weighted by Gasteiger charge is -2.35. The van der Waals surface area contributed by atoms with Crippen LogP contribution < -0.4 is 5.73 Å². The molecule has 0 aromatic rings. The number of amides is 1. The van der Waals surface area contributed by atoms with Gasteiger partial charge in [-0.2, -0.15) is 0 Å². The zero-order chi connectivity index (χ0) is 13.9. The number of carbonyl (C=O) groups is 2. The Morgan fingerprint density at radius 3 is 2.18 bits per heavy atom. The molecule has 0 rings (SSSR count). The van der Waals surface area contributed by atoms with E-state index in [0.29, 0.717) is 0 Å². The van der Waals surface area contributed by atoms with Crippen LogP contribution >= 0.6 is 0 Å². The number of ether oxygens (including phenoxy) is 1. The van der Waals surface area contributed by atoms with E-state index < -0.39 is 23.3 Å². The third-order valence-corrected chi connectivity index (χ3v) is 1.92. The fourth-order valence-corrected chi connectivity index (χ4v) is 1.02. The standard InChI is InChI=1S/C11H20N2O4/c1-6-7-13(11(5,12)8(14)15)9(16)17-10(2,3)4/h6H,1,7,12H2,2-5H3,(H,14,15). The van der Waals surface area contributed by atoms with Crippen molar-refractivity contribution in [2.45, 2.75) is 39.0 Å². The van der Waals surface area contributed by atoms with E-state index in [1.54, 1.807) is 20.8 Å². The Bertz CT molecular complexity index is 318. The van der Waals surface area contributed by atoms with Crippen molar-refractivity contribution in [3.8, 4) is 0 Å². The Morgan fingerprint density at radius 2 is 1.88 bits per heavy atom. The average molecular weight is 244 g/mol. The van der Waals surface area contributed by atoms with E-state index in [0.717, 1.165) is 4.90 Å². The van der Waals surface area contributed by atoms with E-state index in [2.05, 4.69) is 6.58 Å². The maximum Gasteiger partial charge on any atom is 0.412 e. The first-order valence-corrected chi connectivity index (χ1v) is 5.16. The minimum atomic E-state index is -1.84. The number of hydrogen-bond donors (Lipinski definition) is 2. The molecule has 1 amide bonds. The fourth-order valence-electron chi connectivity index (χ4n) is 1.02. The largest absolute Gasteiger partial charge is 0.478 e. The van der Waals surface area contributed by atoms with Crippen molar-refractivity contribution < 1.29 is 19.4 Å². The van der Waals surface area contributed by atoms with Gasteiger partial charge < -0.3 is 9.84 Å². The van der Waals surface area contributed by atoms with Gasteiger partial charge in [-0.05, 0) is 27.7 Å². The highest BCUT2D eigenvalue weighted by Gasteiger charge is 2.40. The predicted octanol–water partition coefficient (Wildman–Crippen LogP) is 1.17. The second-order valence-corrected chi connectivity index (χ2v) is 4.83. The highest BCUT2D eigenvalue weighted by molar-refractivity contribution is 5.83. The maximum absolute atomic E-state index is 11.8. The Balaban J connectivity index is 5.04. The molecule has 0 aliphatic carbocycles. The molecule has 1 unspecified atom stereocenters. The van der Waals surface area contributed by atoms with Crippen molar-refractivity contribution >= 4 is 12.1 Å². The van der Waals surface area contributed by atoms with Crippen LogP contribution in [0.15, 0.2) is 12.7 Å². The first-order valence-electron chi connectivity index (χ1n) is 5.16. The minimum Gasteiger partial charge on any atom is -0.478 e. The summed E-state index contributed by atoms with van der Waals surface area (Å²) in [4.78, 5) is 23.7. The van der Waals surface area contributed by atoms with Crippen LogP contribution in [0, 0.1) is 0 Å². The Morgan fingerprint density at radius 1 is 1.41 bits per heavy atom. The summed E-state index contributed by atoms with van der Waals surface area (Å²) in [6.45, 7) is 9.73. The molecular formula is C11H20N2O4. The molecule has 0 fully saturated rings. The first-order chi connectivity index (χ1) is 7.52.